The summed E-state index contributed by atoms with van der Waals surface area (Å²) in [5.41, 5.74) is 2.66. The number of aryl methyl sites for hydroxylation is 1. The highest BCUT2D eigenvalue weighted by atomic mass is 32.2. The third-order valence-electron chi connectivity index (χ3n) is 1.97. The van der Waals surface area contributed by atoms with Crippen molar-refractivity contribution in [2.24, 2.45) is 5.92 Å². The molecule has 0 fully saturated rings. The molecule has 0 atom stereocenters. The summed E-state index contributed by atoms with van der Waals surface area (Å²) in [6, 6.07) is 8.64. The van der Waals surface area contributed by atoms with Crippen LogP contribution in [0.5, 0.6) is 0 Å². The van der Waals surface area contributed by atoms with Gasteiger partial charge in [0.1, 0.15) is 0 Å². The molecule has 0 unspecified atom stereocenters. The van der Waals surface area contributed by atoms with E-state index in [-0.39, 0.29) is 0 Å². The van der Waals surface area contributed by atoms with Crippen LogP contribution in [-0.4, -0.2) is 4.20 Å². The summed E-state index contributed by atoms with van der Waals surface area (Å²) in [5.74, 6) is 1.50. The smallest absolute Gasteiger partial charge is 0.0507 e. The van der Waals surface area contributed by atoms with Crippen molar-refractivity contribution in [1.82, 2.24) is 0 Å². The van der Waals surface area contributed by atoms with Gasteiger partial charge in [0, 0.05) is 5.75 Å². The van der Waals surface area contributed by atoms with Crippen molar-refractivity contribution in [3.63, 3.8) is 0 Å². The first kappa shape index (κ1) is 11.7. The molecule has 1 rings (SSSR count). The number of rotatable bonds is 3. The topological polar surface area (TPSA) is 0 Å². The maximum Gasteiger partial charge on any atom is 0.0507 e. The van der Waals surface area contributed by atoms with Gasteiger partial charge in [-0.3, -0.25) is 0 Å². The van der Waals surface area contributed by atoms with Crippen LogP contribution in [0.1, 0.15) is 25.0 Å². The Morgan fingerprint density at radius 2 is 1.86 bits per heavy atom. The number of hydrogen-bond donors (Lipinski definition) is 0. The Balaban J connectivity index is 2.46. The number of benzene rings is 1. The lowest BCUT2D eigenvalue weighted by Crippen LogP contribution is -1.98. The van der Waals surface area contributed by atoms with Gasteiger partial charge < -0.3 is 0 Å². The normalized spacial score (nSPS) is 10.6. The predicted molar refractivity (Wildman–Crippen MR) is 69.9 cm³/mol. The average molecular weight is 224 g/mol. The van der Waals surface area contributed by atoms with Gasteiger partial charge >= 0.3 is 0 Å². The molecule has 76 valence electrons. The molecule has 0 N–H and O–H groups in total. The molecular formula is C12H16S2. The van der Waals surface area contributed by atoms with Crippen molar-refractivity contribution in [2.75, 3.05) is 0 Å². The van der Waals surface area contributed by atoms with E-state index < -0.39 is 0 Å². The zero-order valence-electron chi connectivity index (χ0n) is 8.91. The summed E-state index contributed by atoms with van der Waals surface area (Å²) in [4.78, 5) is 0. The molecule has 0 aliphatic carbocycles. The molecule has 2 heteroatoms. The third-order valence-corrected chi connectivity index (χ3v) is 4.03. The molecule has 0 heterocycles. The molecule has 0 aliphatic heterocycles. The quantitative estimate of drug-likeness (QED) is 0.705. The van der Waals surface area contributed by atoms with Crippen LogP contribution < -0.4 is 0 Å². The summed E-state index contributed by atoms with van der Waals surface area (Å²) < 4.78 is 1.10. The monoisotopic (exact) mass is 224 g/mol. The van der Waals surface area contributed by atoms with E-state index in [9.17, 15) is 0 Å². The van der Waals surface area contributed by atoms with Crippen molar-refractivity contribution < 1.29 is 0 Å². The fourth-order valence-electron chi connectivity index (χ4n) is 1.01. The molecule has 0 aliphatic rings. The molecule has 0 bridgehead atoms. The van der Waals surface area contributed by atoms with E-state index in [1.807, 2.05) is 0 Å². The number of thioether (sulfide) groups is 1. The molecule has 14 heavy (non-hydrogen) atoms. The number of hydrogen-bond acceptors (Lipinski definition) is 2. The Labute approximate surface area is 96.1 Å². The van der Waals surface area contributed by atoms with Crippen molar-refractivity contribution in [2.45, 2.75) is 26.5 Å². The maximum atomic E-state index is 5.27. The first-order valence-corrected chi connectivity index (χ1v) is 6.21. The van der Waals surface area contributed by atoms with E-state index in [0.717, 1.165) is 9.95 Å². The van der Waals surface area contributed by atoms with Crippen LogP contribution in [-0.2, 0) is 5.75 Å². The highest BCUT2D eigenvalue weighted by molar-refractivity contribution is 8.22. The van der Waals surface area contributed by atoms with Crippen LogP contribution in [0.3, 0.4) is 0 Å². The molecule has 1 aromatic rings. The van der Waals surface area contributed by atoms with Crippen LogP contribution in [0.2, 0.25) is 0 Å². The van der Waals surface area contributed by atoms with Gasteiger partial charge in [0.25, 0.3) is 0 Å². The van der Waals surface area contributed by atoms with Gasteiger partial charge in [-0.15, -0.1) is 11.8 Å². The van der Waals surface area contributed by atoms with Crippen molar-refractivity contribution in [3.8, 4) is 0 Å². The highest BCUT2D eigenvalue weighted by Crippen LogP contribution is 2.18. The fraction of sp³-hybridized carbons (Fsp3) is 0.417. The van der Waals surface area contributed by atoms with Gasteiger partial charge in [-0.2, -0.15) is 0 Å². The second-order valence-corrected chi connectivity index (χ2v) is 5.46. The summed E-state index contributed by atoms with van der Waals surface area (Å²) in [7, 11) is 0. The third kappa shape index (κ3) is 3.81. The van der Waals surface area contributed by atoms with E-state index in [2.05, 4.69) is 45.0 Å². The molecule has 1 aromatic carbocycles. The van der Waals surface area contributed by atoms with Gasteiger partial charge in [-0.1, -0.05) is 55.9 Å². The van der Waals surface area contributed by atoms with Crippen molar-refractivity contribution in [1.29, 1.82) is 0 Å². The predicted octanol–water partition coefficient (Wildman–Crippen LogP) is 4.21. The molecular weight excluding hydrogens is 208 g/mol. The minimum Gasteiger partial charge on any atom is -0.114 e. The second-order valence-electron chi connectivity index (χ2n) is 3.75. The molecule has 0 aromatic heterocycles. The van der Waals surface area contributed by atoms with Gasteiger partial charge in [0.05, 0.1) is 4.20 Å². The van der Waals surface area contributed by atoms with Gasteiger partial charge in [-0.05, 0) is 18.4 Å². The Morgan fingerprint density at radius 1 is 1.29 bits per heavy atom. The standard InChI is InChI=1S/C12H16S2/c1-9(2)12(13)14-8-11-6-4-10(3)5-7-11/h4-7,9H,8H2,1-3H3. The van der Waals surface area contributed by atoms with Crippen molar-refractivity contribution in [3.05, 3.63) is 35.4 Å². The molecule has 0 amide bonds. The van der Waals surface area contributed by atoms with Crippen LogP contribution in [0.15, 0.2) is 24.3 Å². The first-order chi connectivity index (χ1) is 6.59. The van der Waals surface area contributed by atoms with E-state index in [4.69, 9.17) is 12.2 Å². The lowest BCUT2D eigenvalue weighted by molar-refractivity contribution is 0.915. The zero-order valence-corrected chi connectivity index (χ0v) is 10.5. The first-order valence-electron chi connectivity index (χ1n) is 4.82. The Hall–Kier alpha value is -0.340. The Kier molecular flexibility index (Phi) is 4.63. The summed E-state index contributed by atoms with van der Waals surface area (Å²) in [5, 5.41) is 0. The van der Waals surface area contributed by atoms with E-state index >= 15 is 0 Å². The lowest BCUT2D eigenvalue weighted by Gasteiger charge is -2.06. The van der Waals surface area contributed by atoms with Gasteiger partial charge in [0.2, 0.25) is 0 Å². The highest BCUT2D eigenvalue weighted by Gasteiger charge is 2.03. The molecule has 0 saturated heterocycles. The summed E-state index contributed by atoms with van der Waals surface area (Å²) in [6.45, 7) is 6.39. The summed E-state index contributed by atoms with van der Waals surface area (Å²) >= 11 is 7.04. The second kappa shape index (κ2) is 5.52. The van der Waals surface area contributed by atoms with Crippen LogP contribution >= 0.6 is 24.0 Å². The van der Waals surface area contributed by atoms with E-state index in [1.165, 1.54) is 11.1 Å². The van der Waals surface area contributed by atoms with Crippen LogP contribution in [0, 0.1) is 12.8 Å². The lowest BCUT2D eigenvalue weighted by atomic mass is 10.2. The average Bonchev–Trinajstić information content (AvgIpc) is 2.16. The zero-order chi connectivity index (χ0) is 10.6. The molecule has 0 nitrogen and oxygen atoms in total. The minimum absolute atomic E-state index is 0.500. The molecule has 0 radical (unpaired) electrons. The van der Waals surface area contributed by atoms with Crippen LogP contribution in [0.25, 0.3) is 0 Å². The molecule has 0 saturated carbocycles. The SMILES string of the molecule is Cc1ccc(CSC(=S)C(C)C)cc1. The maximum absolute atomic E-state index is 5.27. The Morgan fingerprint density at radius 3 is 2.36 bits per heavy atom. The van der Waals surface area contributed by atoms with Crippen LogP contribution in [0.4, 0.5) is 0 Å². The van der Waals surface area contributed by atoms with E-state index in [0.29, 0.717) is 5.92 Å². The summed E-state index contributed by atoms with van der Waals surface area (Å²) in [6.07, 6.45) is 0. The Bertz CT molecular complexity index is 299. The van der Waals surface area contributed by atoms with Crippen molar-refractivity contribution >= 4 is 28.2 Å². The van der Waals surface area contributed by atoms with Gasteiger partial charge in [0.15, 0.2) is 0 Å². The number of thiocarbonyl (C=S) groups is 1. The van der Waals surface area contributed by atoms with Gasteiger partial charge in [-0.25, -0.2) is 0 Å². The largest absolute Gasteiger partial charge is 0.114 e. The minimum atomic E-state index is 0.500. The fourth-order valence-corrected chi connectivity index (χ4v) is 2.02. The van der Waals surface area contributed by atoms with E-state index in [1.54, 1.807) is 11.8 Å². The molecule has 0 spiro atoms.